The van der Waals surface area contributed by atoms with Gasteiger partial charge in [-0.15, -0.1) is 0 Å². The third kappa shape index (κ3) is 4.50. The first-order valence-electron chi connectivity index (χ1n) is 7.96. The van der Waals surface area contributed by atoms with Crippen molar-refractivity contribution < 1.29 is 13.7 Å². The van der Waals surface area contributed by atoms with Crippen LogP contribution in [0.3, 0.4) is 0 Å². The fourth-order valence-corrected chi connectivity index (χ4v) is 2.56. The van der Waals surface area contributed by atoms with Crippen molar-refractivity contribution >= 4 is 11.6 Å². The number of nitrogens with zero attached hydrogens (tertiary/aromatic N) is 2. The molecule has 0 aliphatic rings. The molecular formula is C19H18FN3O2. The first-order chi connectivity index (χ1) is 12.0. The topological polar surface area (TPSA) is 68.0 Å². The van der Waals surface area contributed by atoms with Crippen molar-refractivity contribution in [2.45, 2.75) is 26.7 Å². The first kappa shape index (κ1) is 16.8. The standard InChI is InChI=1S/C19H18FN3O2/c1-12-9-13(2)11-16(10-12)21-17(24)7-8-18-22-19(23-25-18)14-3-5-15(20)6-4-14/h3-6,9-11H,7-8H2,1-2H3,(H,21,24). The lowest BCUT2D eigenvalue weighted by atomic mass is 10.1. The molecule has 25 heavy (non-hydrogen) atoms. The Morgan fingerprint density at radius 3 is 2.48 bits per heavy atom. The molecule has 1 N–H and O–H groups in total. The predicted molar refractivity (Wildman–Crippen MR) is 92.6 cm³/mol. The quantitative estimate of drug-likeness (QED) is 0.761. The maximum Gasteiger partial charge on any atom is 0.227 e. The monoisotopic (exact) mass is 339 g/mol. The number of anilines is 1. The van der Waals surface area contributed by atoms with Crippen LogP contribution in [0, 0.1) is 19.7 Å². The van der Waals surface area contributed by atoms with Gasteiger partial charge < -0.3 is 9.84 Å². The summed E-state index contributed by atoms with van der Waals surface area (Å²) >= 11 is 0. The van der Waals surface area contributed by atoms with Crippen LogP contribution < -0.4 is 5.32 Å². The van der Waals surface area contributed by atoms with E-state index in [0.717, 1.165) is 16.8 Å². The number of hydrogen-bond donors (Lipinski definition) is 1. The Bertz CT molecular complexity index is 868. The highest BCUT2D eigenvalue weighted by Crippen LogP contribution is 2.17. The van der Waals surface area contributed by atoms with Gasteiger partial charge in [-0.1, -0.05) is 11.2 Å². The zero-order valence-electron chi connectivity index (χ0n) is 14.0. The van der Waals surface area contributed by atoms with Crippen LogP contribution in [0.2, 0.25) is 0 Å². The number of carbonyl (C=O) groups excluding carboxylic acids is 1. The number of rotatable bonds is 5. The average Bonchev–Trinajstić information content (AvgIpc) is 3.01. The van der Waals surface area contributed by atoms with E-state index in [1.807, 2.05) is 32.0 Å². The molecule has 6 heteroatoms. The number of halogens is 1. The van der Waals surface area contributed by atoms with Crippen LogP contribution in [-0.4, -0.2) is 16.0 Å². The number of benzene rings is 2. The van der Waals surface area contributed by atoms with Crippen LogP contribution >= 0.6 is 0 Å². The molecule has 0 aliphatic heterocycles. The summed E-state index contributed by atoms with van der Waals surface area (Å²) in [7, 11) is 0. The van der Waals surface area contributed by atoms with Gasteiger partial charge in [-0.2, -0.15) is 4.98 Å². The second kappa shape index (κ2) is 7.25. The minimum absolute atomic E-state index is 0.119. The fourth-order valence-electron chi connectivity index (χ4n) is 2.56. The summed E-state index contributed by atoms with van der Waals surface area (Å²) in [5, 5.41) is 6.73. The van der Waals surface area contributed by atoms with Crippen LogP contribution in [0.15, 0.2) is 47.0 Å². The highest BCUT2D eigenvalue weighted by molar-refractivity contribution is 5.90. The summed E-state index contributed by atoms with van der Waals surface area (Å²) < 4.78 is 18.1. The molecule has 1 amide bonds. The Hall–Kier alpha value is -3.02. The van der Waals surface area contributed by atoms with Gasteiger partial charge in [0.05, 0.1) is 0 Å². The van der Waals surface area contributed by atoms with E-state index in [1.54, 1.807) is 12.1 Å². The highest BCUT2D eigenvalue weighted by Gasteiger charge is 2.11. The van der Waals surface area contributed by atoms with Crippen LogP contribution in [-0.2, 0) is 11.2 Å². The third-order valence-electron chi connectivity index (χ3n) is 3.64. The number of aromatic nitrogens is 2. The Morgan fingerprint density at radius 1 is 1.12 bits per heavy atom. The van der Waals surface area contributed by atoms with Gasteiger partial charge in [0.15, 0.2) is 0 Å². The maximum absolute atomic E-state index is 12.9. The van der Waals surface area contributed by atoms with Crippen molar-refractivity contribution in [2.24, 2.45) is 0 Å². The summed E-state index contributed by atoms with van der Waals surface area (Å²) in [6.07, 6.45) is 0.572. The van der Waals surface area contributed by atoms with Gasteiger partial charge in [-0.25, -0.2) is 4.39 Å². The van der Waals surface area contributed by atoms with E-state index in [0.29, 0.717) is 23.7 Å². The molecule has 0 saturated carbocycles. The van der Waals surface area contributed by atoms with E-state index in [2.05, 4.69) is 15.5 Å². The number of hydrogen-bond acceptors (Lipinski definition) is 4. The SMILES string of the molecule is Cc1cc(C)cc(NC(=O)CCc2nc(-c3ccc(F)cc3)no2)c1. The van der Waals surface area contributed by atoms with Gasteiger partial charge in [0.1, 0.15) is 5.82 Å². The van der Waals surface area contributed by atoms with Crippen LogP contribution in [0.25, 0.3) is 11.4 Å². The lowest BCUT2D eigenvalue weighted by Gasteiger charge is -2.06. The van der Waals surface area contributed by atoms with E-state index in [1.165, 1.54) is 12.1 Å². The van der Waals surface area contributed by atoms with Crippen molar-refractivity contribution in [1.29, 1.82) is 0 Å². The van der Waals surface area contributed by atoms with Gasteiger partial charge >= 0.3 is 0 Å². The van der Waals surface area contributed by atoms with Gasteiger partial charge in [0.2, 0.25) is 17.6 Å². The molecule has 0 atom stereocenters. The van der Waals surface area contributed by atoms with Crippen LogP contribution in [0.1, 0.15) is 23.4 Å². The van der Waals surface area contributed by atoms with Crippen molar-refractivity contribution in [3.8, 4) is 11.4 Å². The van der Waals surface area contributed by atoms with Crippen molar-refractivity contribution in [3.63, 3.8) is 0 Å². The Kier molecular flexibility index (Phi) is 4.88. The smallest absolute Gasteiger partial charge is 0.227 e. The highest BCUT2D eigenvalue weighted by atomic mass is 19.1. The normalized spacial score (nSPS) is 10.7. The molecule has 0 aliphatic carbocycles. The van der Waals surface area contributed by atoms with Crippen LogP contribution in [0.4, 0.5) is 10.1 Å². The number of amides is 1. The lowest BCUT2D eigenvalue weighted by molar-refractivity contribution is -0.116. The molecule has 1 heterocycles. The summed E-state index contributed by atoms with van der Waals surface area (Å²) in [5.41, 5.74) is 3.63. The average molecular weight is 339 g/mol. The molecule has 0 saturated heterocycles. The largest absolute Gasteiger partial charge is 0.339 e. The van der Waals surface area contributed by atoms with E-state index < -0.39 is 0 Å². The van der Waals surface area contributed by atoms with Gasteiger partial charge in [0, 0.05) is 24.1 Å². The molecule has 0 bridgehead atoms. The van der Waals surface area contributed by atoms with Crippen molar-refractivity contribution in [1.82, 2.24) is 10.1 Å². The molecule has 3 rings (SSSR count). The first-order valence-corrected chi connectivity index (χ1v) is 7.96. The Morgan fingerprint density at radius 2 is 1.80 bits per heavy atom. The molecular weight excluding hydrogens is 321 g/mol. The summed E-state index contributed by atoms with van der Waals surface area (Å²) in [6.45, 7) is 3.97. The van der Waals surface area contributed by atoms with Gasteiger partial charge in [-0.3, -0.25) is 4.79 Å². The molecule has 3 aromatic rings. The second-order valence-corrected chi connectivity index (χ2v) is 5.94. The third-order valence-corrected chi connectivity index (χ3v) is 3.64. The van der Waals surface area contributed by atoms with Crippen molar-refractivity contribution in [2.75, 3.05) is 5.32 Å². The fraction of sp³-hybridized carbons (Fsp3) is 0.211. The molecule has 0 fully saturated rings. The minimum Gasteiger partial charge on any atom is -0.339 e. The molecule has 0 radical (unpaired) electrons. The van der Waals surface area contributed by atoms with Gasteiger partial charge in [0.25, 0.3) is 0 Å². The number of carbonyl (C=O) groups is 1. The van der Waals surface area contributed by atoms with E-state index in [-0.39, 0.29) is 18.1 Å². The Balaban J connectivity index is 1.58. The van der Waals surface area contributed by atoms with E-state index >= 15 is 0 Å². The van der Waals surface area contributed by atoms with Crippen molar-refractivity contribution in [3.05, 3.63) is 65.3 Å². The van der Waals surface area contributed by atoms with Crippen LogP contribution in [0.5, 0.6) is 0 Å². The summed E-state index contributed by atoms with van der Waals surface area (Å²) in [4.78, 5) is 16.3. The zero-order valence-corrected chi connectivity index (χ0v) is 14.0. The molecule has 5 nitrogen and oxygen atoms in total. The van der Waals surface area contributed by atoms with E-state index in [4.69, 9.17) is 4.52 Å². The number of nitrogens with one attached hydrogen (secondary N) is 1. The Labute approximate surface area is 144 Å². The summed E-state index contributed by atoms with van der Waals surface area (Å²) in [6, 6.07) is 11.7. The second-order valence-electron chi connectivity index (χ2n) is 5.94. The molecule has 0 unspecified atom stereocenters. The zero-order chi connectivity index (χ0) is 17.8. The lowest BCUT2D eigenvalue weighted by Crippen LogP contribution is -2.12. The minimum atomic E-state index is -0.324. The molecule has 0 spiro atoms. The maximum atomic E-state index is 12.9. The number of aryl methyl sites for hydroxylation is 3. The van der Waals surface area contributed by atoms with E-state index in [9.17, 15) is 9.18 Å². The predicted octanol–water partition coefficient (Wildman–Crippen LogP) is 4.06. The summed E-state index contributed by atoms with van der Waals surface area (Å²) in [5.74, 6) is 0.307. The molecule has 2 aromatic carbocycles. The van der Waals surface area contributed by atoms with Gasteiger partial charge in [-0.05, 0) is 61.4 Å². The molecule has 128 valence electrons. The molecule has 1 aromatic heterocycles.